The van der Waals surface area contributed by atoms with Gasteiger partial charge in [-0.05, 0) is 47.5 Å². The molecule has 0 unspecified atom stereocenters. The molecule has 0 amide bonds. The molecule has 0 aliphatic carbocycles. The maximum absolute atomic E-state index is 5.94. The molecule has 4 heterocycles. The van der Waals surface area contributed by atoms with Gasteiger partial charge < -0.3 is 19.6 Å². The van der Waals surface area contributed by atoms with Crippen molar-refractivity contribution >= 4 is 68.6 Å². The second-order valence-corrected chi connectivity index (χ2v) is 7.09. The number of imidazole rings is 2. The lowest BCUT2D eigenvalue weighted by molar-refractivity contribution is 0.415. The topological polar surface area (TPSA) is 121 Å². The average molecular weight is 479 g/mol. The molecule has 0 spiro atoms. The van der Waals surface area contributed by atoms with E-state index in [1.807, 2.05) is 36.2 Å². The van der Waals surface area contributed by atoms with Crippen LogP contribution >= 0.6 is 34.8 Å². The molecule has 5 aromatic rings. The summed E-state index contributed by atoms with van der Waals surface area (Å²) in [5, 5.41) is 0.562. The minimum Gasteiger partial charge on any atom is -0.497 e. The molecule has 0 aliphatic heterocycles. The third kappa shape index (κ3) is 4.46. The van der Waals surface area contributed by atoms with Crippen LogP contribution in [0.3, 0.4) is 0 Å². The van der Waals surface area contributed by atoms with Gasteiger partial charge in [0.2, 0.25) is 10.6 Å². The Morgan fingerprint density at radius 3 is 2.03 bits per heavy atom. The highest BCUT2D eigenvalue weighted by Gasteiger charge is 2.14. The summed E-state index contributed by atoms with van der Waals surface area (Å²) in [6.45, 7) is 0. The summed E-state index contributed by atoms with van der Waals surface area (Å²) in [4.78, 5) is 31.6. The number of benzene rings is 1. The summed E-state index contributed by atoms with van der Waals surface area (Å²) >= 11 is 17.2. The number of aromatic nitrogens is 8. The van der Waals surface area contributed by atoms with Crippen LogP contribution < -0.4 is 9.64 Å². The number of rotatable bonds is 3. The van der Waals surface area contributed by atoms with Crippen LogP contribution in [-0.4, -0.2) is 54.0 Å². The zero-order valence-corrected chi connectivity index (χ0v) is 18.4. The van der Waals surface area contributed by atoms with Gasteiger partial charge in [-0.3, -0.25) is 0 Å². The highest BCUT2D eigenvalue weighted by atomic mass is 35.5. The van der Waals surface area contributed by atoms with Gasteiger partial charge in [-0.25, -0.2) is 15.0 Å². The largest absolute Gasteiger partial charge is 0.497 e. The van der Waals surface area contributed by atoms with Crippen LogP contribution in [0.1, 0.15) is 0 Å². The Morgan fingerprint density at radius 1 is 0.806 bits per heavy atom. The van der Waals surface area contributed by atoms with Gasteiger partial charge in [-0.1, -0.05) is 11.6 Å². The number of halogens is 3. The third-order valence-corrected chi connectivity index (χ3v) is 4.84. The van der Waals surface area contributed by atoms with Crippen molar-refractivity contribution < 1.29 is 4.74 Å². The number of aromatic amines is 2. The molecular weight excluding hydrogens is 465 g/mol. The first-order valence-electron chi connectivity index (χ1n) is 8.72. The van der Waals surface area contributed by atoms with Gasteiger partial charge in [-0.2, -0.15) is 15.0 Å². The van der Waals surface area contributed by atoms with Crippen LogP contribution in [0.15, 0.2) is 36.9 Å². The number of H-pyrrole nitrogens is 2. The zero-order valence-electron chi connectivity index (χ0n) is 16.1. The molecule has 13 heteroatoms. The summed E-state index contributed by atoms with van der Waals surface area (Å²) in [6, 6.07) is 7.66. The summed E-state index contributed by atoms with van der Waals surface area (Å²) in [6.07, 6.45) is 3.06. The standard InChI is InChI=1S/C13H12ClN5O.C5H2Cl2N4/c1-19(8-3-5-9(20-2)6-4-8)12-10-11(16-7-15-10)17-13(14)18-12;6-3-2-4(9-1-8-2)11-5(7)10-3/h3-7H,1-2H3,(H,15,16,17,18);1H,(H,8,9,10,11). The summed E-state index contributed by atoms with van der Waals surface area (Å²) in [7, 11) is 3.54. The van der Waals surface area contributed by atoms with E-state index in [4.69, 9.17) is 39.5 Å². The van der Waals surface area contributed by atoms with Crippen molar-refractivity contribution in [3.63, 3.8) is 0 Å². The van der Waals surface area contributed by atoms with Gasteiger partial charge in [0.05, 0.1) is 19.8 Å². The Balaban J connectivity index is 0.000000177. The minimum atomic E-state index is 0.106. The van der Waals surface area contributed by atoms with Crippen molar-refractivity contribution in [3.05, 3.63) is 52.6 Å². The van der Waals surface area contributed by atoms with Gasteiger partial charge in [-0.15, -0.1) is 0 Å². The second kappa shape index (κ2) is 8.88. The molecule has 0 saturated heterocycles. The van der Waals surface area contributed by atoms with Crippen molar-refractivity contribution in [3.8, 4) is 5.75 Å². The monoisotopic (exact) mass is 477 g/mol. The highest BCUT2D eigenvalue weighted by Crippen LogP contribution is 2.29. The number of hydrogen-bond acceptors (Lipinski definition) is 8. The predicted molar refractivity (Wildman–Crippen MR) is 119 cm³/mol. The molecule has 0 saturated carbocycles. The van der Waals surface area contributed by atoms with Gasteiger partial charge >= 0.3 is 0 Å². The molecule has 0 atom stereocenters. The van der Waals surface area contributed by atoms with Crippen molar-refractivity contribution in [2.75, 3.05) is 19.1 Å². The smallest absolute Gasteiger partial charge is 0.226 e. The van der Waals surface area contributed by atoms with E-state index in [1.54, 1.807) is 13.4 Å². The molecule has 0 bridgehead atoms. The molecule has 10 nitrogen and oxygen atoms in total. The van der Waals surface area contributed by atoms with E-state index in [0.717, 1.165) is 17.0 Å². The fraction of sp³-hybridized carbons (Fsp3) is 0.111. The van der Waals surface area contributed by atoms with Crippen molar-refractivity contribution in [2.45, 2.75) is 0 Å². The second-order valence-electron chi connectivity index (χ2n) is 6.06. The van der Waals surface area contributed by atoms with Gasteiger partial charge in [0.1, 0.15) is 16.8 Å². The first-order chi connectivity index (χ1) is 15.0. The number of ether oxygens (including phenoxy) is 1. The van der Waals surface area contributed by atoms with Crippen LogP contribution in [0.25, 0.3) is 22.3 Å². The first kappa shape index (κ1) is 21.0. The summed E-state index contributed by atoms with van der Waals surface area (Å²) in [5.41, 5.74) is 3.33. The average Bonchev–Trinajstić information content (AvgIpc) is 3.42. The Labute approximate surface area is 190 Å². The molecule has 0 aliphatic rings. The number of nitrogens with zero attached hydrogens (tertiary/aromatic N) is 7. The van der Waals surface area contributed by atoms with Crippen LogP contribution in [0.4, 0.5) is 11.5 Å². The van der Waals surface area contributed by atoms with E-state index in [0.29, 0.717) is 22.6 Å². The molecule has 0 fully saturated rings. The van der Waals surface area contributed by atoms with Crippen LogP contribution in [0.2, 0.25) is 15.7 Å². The Hall–Kier alpha value is -3.21. The molecule has 2 N–H and O–H groups in total. The molecule has 4 aromatic heterocycles. The lowest BCUT2D eigenvalue weighted by Gasteiger charge is -2.19. The Morgan fingerprint density at radius 2 is 1.39 bits per heavy atom. The zero-order chi connectivity index (χ0) is 22.0. The number of hydrogen-bond donors (Lipinski definition) is 2. The predicted octanol–water partition coefficient (Wildman–Crippen LogP) is 4.44. The molecule has 0 radical (unpaired) electrons. The van der Waals surface area contributed by atoms with Gasteiger partial charge in [0.15, 0.2) is 22.3 Å². The first-order valence-corrected chi connectivity index (χ1v) is 9.86. The van der Waals surface area contributed by atoms with E-state index < -0.39 is 0 Å². The number of nitrogens with one attached hydrogen (secondary N) is 2. The van der Waals surface area contributed by atoms with Crippen molar-refractivity contribution in [2.24, 2.45) is 0 Å². The summed E-state index contributed by atoms with van der Waals surface area (Å²) < 4.78 is 5.15. The normalized spacial score (nSPS) is 10.7. The molecule has 158 valence electrons. The molecule has 5 rings (SSSR count). The maximum atomic E-state index is 5.94. The van der Waals surface area contributed by atoms with Crippen LogP contribution in [-0.2, 0) is 0 Å². The van der Waals surface area contributed by atoms with Crippen LogP contribution in [0, 0.1) is 0 Å². The van der Waals surface area contributed by atoms with Crippen LogP contribution in [0.5, 0.6) is 5.75 Å². The highest BCUT2D eigenvalue weighted by molar-refractivity contribution is 6.35. The van der Waals surface area contributed by atoms with Gasteiger partial charge in [0, 0.05) is 12.7 Å². The number of anilines is 2. The Kier molecular flexibility index (Phi) is 6.03. The van der Waals surface area contributed by atoms with Gasteiger partial charge in [0.25, 0.3) is 0 Å². The van der Waals surface area contributed by atoms with E-state index in [-0.39, 0.29) is 15.7 Å². The van der Waals surface area contributed by atoms with Crippen molar-refractivity contribution in [1.29, 1.82) is 0 Å². The fourth-order valence-corrected chi connectivity index (χ4v) is 3.32. The molecule has 1 aromatic carbocycles. The third-order valence-electron chi connectivity index (χ3n) is 4.23. The van der Waals surface area contributed by atoms with E-state index in [9.17, 15) is 0 Å². The molecular formula is C18H14Cl3N9O. The van der Waals surface area contributed by atoms with E-state index in [1.165, 1.54) is 6.33 Å². The lowest BCUT2D eigenvalue weighted by atomic mass is 10.2. The number of fused-ring (bicyclic) bond motifs is 2. The summed E-state index contributed by atoms with van der Waals surface area (Å²) in [5.74, 6) is 1.47. The Bertz CT molecular complexity index is 1340. The number of methoxy groups -OCH3 is 1. The van der Waals surface area contributed by atoms with Crippen molar-refractivity contribution in [1.82, 2.24) is 39.9 Å². The quantitative estimate of drug-likeness (QED) is 0.288. The SMILES string of the molecule is COc1ccc(N(C)c2nc(Cl)nc3nc[nH]c23)cc1.Clc1nc(Cl)c2[nH]cnc2n1. The molecule has 31 heavy (non-hydrogen) atoms. The van der Waals surface area contributed by atoms with E-state index >= 15 is 0 Å². The maximum Gasteiger partial charge on any atom is 0.226 e. The minimum absolute atomic E-state index is 0.106. The fourth-order valence-electron chi connectivity index (χ4n) is 2.74. The van der Waals surface area contributed by atoms with E-state index in [2.05, 4.69) is 39.9 Å². The lowest BCUT2D eigenvalue weighted by Crippen LogP contribution is -2.12.